The maximum atomic E-state index is 13.4. The number of benzene rings is 2. The molecule has 0 radical (unpaired) electrons. The number of imide groups is 2. The monoisotopic (exact) mass is 493 g/mol. The summed E-state index contributed by atoms with van der Waals surface area (Å²) in [7, 11) is 0. The molecule has 1 atom stereocenters. The van der Waals surface area contributed by atoms with E-state index in [1.807, 2.05) is 31.2 Å². The van der Waals surface area contributed by atoms with Gasteiger partial charge in [0.15, 0.2) is 0 Å². The zero-order valence-corrected chi connectivity index (χ0v) is 21.7. The average molecular weight is 494 g/mol. The Morgan fingerprint density at radius 1 is 1.11 bits per heavy atom. The Morgan fingerprint density at radius 3 is 2.51 bits per heavy atom. The van der Waals surface area contributed by atoms with Crippen molar-refractivity contribution in [3.05, 3.63) is 63.7 Å². The van der Waals surface area contributed by atoms with Crippen molar-refractivity contribution in [3.8, 4) is 0 Å². The molecule has 184 valence electrons. The Morgan fingerprint density at radius 2 is 1.83 bits per heavy atom. The molecule has 2 heterocycles. The molecule has 1 N–H and O–H groups in total. The van der Waals surface area contributed by atoms with Crippen LogP contribution < -0.4 is 15.1 Å². The van der Waals surface area contributed by atoms with Gasteiger partial charge < -0.3 is 4.90 Å². The van der Waals surface area contributed by atoms with E-state index < -0.39 is 17.8 Å². The van der Waals surface area contributed by atoms with Crippen LogP contribution >= 0.6 is 11.6 Å². The summed E-state index contributed by atoms with van der Waals surface area (Å²) in [6, 6.07) is 10.4. The average Bonchev–Trinajstić information content (AvgIpc) is 2.79. The molecular weight excluding hydrogens is 462 g/mol. The number of hydrogen-bond donors (Lipinski definition) is 1. The molecule has 1 fully saturated rings. The minimum absolute atomic E-state index is 0.00150. The van der Waals surface area contributed by atoms with E-state index in [4.69, 9.17) is 11.6 Å². The smallest absolute Gasteiger partial charge is 0.335 e. The third-order valence-corrected chi connectivity index (χ3v) is 7.29. The highest BCUT2D eigenvalue weighted by Crippen LogP contribution is 2.45. The van der Waals surface area contributed by atoms with Gasteiger partial charge in [-0.15, -0.1) is 0 Å². The Labute approximate surface area is 211 Å². The third-order valence-electron chi connectivity index (χ3n) is 6.97. The van der Waals surface area contributed by atoms with Crippen LogP contribution in [0.3, 0.4) is 0 Å². The SMILES string of the molecule is CCCN1c2cc(Cl)c(/C=C3/C(=O)NC(=O)N(c4ccccc4CC)C3=O)cc2C(C)CC1(C)C. The lowest BCUT2D eigenvalue weighted by Crippen LogP contribution is -2.54. The summed E-state index contributed by atoms with van der Waals surface area (Å²) in [4.78, 5) is 42.3. The van der Waals surface area contributed by atoms with Crippen LogP contribution in [-0.2, 0) is 16.0 Å². The second-order valence-electron chi connectivity index (χ2n) is 9.94. The predicted octanol–water partition coefficient (Wildman–Crippen LogP) is 6.07. The van der Waals surface area contributed by atoms with Crippen LogP contribution in [0.25, 0.3) is 6.08 Å². The standard InChI is InChI=1S/C28H32ClN3O3/c1-6-12-31-24-15-22(29)19(13-20(24)17(3)16-28(31,4)5)14-21-25(33)30-27(35)32(26(21)34)23-11-9-8-10-18(23)7-2/h8-11,13-15,17H,6-7,12,16H2,1-5H3,(H,30,33,35)/b21-14-. The second-order valence-corrected chi connectivity index (χ2v) is 10.3. The molecule has 4 rings (SSSR count). The number of hydrogen-bond acceptors (Lipinski definition) is 4. The van der Waals surface area contributed by atoms with E-state index in [2.05, 4.69) is 37.9 Å². The van der Waals surface area contributed by atoms with Crippen molar-refractivity contribution >= 4 is 46.9 Å². The molecule has 2 aliphatic heterocycles. The molecule has 0 saturated carbocycles. The van der Waals surface area contributed by atoms with E-state index in [1.54, 1.807) is 12.1 Å². The lowest BCUT2D eigenvalue weighted by atomic mass is 9.79. The molecule has 6 nitrogen and oxygen atoms in total. The number of para-hydroxylation sites is 1. The molecular formula is C28H32ClN3O3. The van der Waals surface area contributed by atoms with Gasteiger partial charge in [-0.3, -0.25) is 14.9 Å². The molecule has 1 unspecified atom stereocenters. The fourth-order valence-electron chi connectivity index (χ4n) is 5.34. The largest absolute Gasteiger partial charge is 0.366 e. The molecule has 35 heavy (non-hydrogen) atoms. The van der Waals surface area contributed by atoms with E-state index in [-0.39, 0.29) is 17.0 Å². The zero-order chi connectivity index (χ0) is 25.5. The summed E-state index contributed by atoms with van der Waals surface area (Å²) in [5.41, 5.74) is 4.01. The van der Waals surface area contributed by atoms with Crippen molar-refractivity contribution < 1.29 is 14.4 Å². The lowest BCUT2D eigenvalue weighted by molar-refractivity contribution is -0.122. The summed E-state index contributed by atoms with van der Waals surface area (Å²) < 4.78 is 0. The van der Waals surface area contributed by atoms with Crippen LogP contribution in [0.4, 0.5) is 16.2 Å². The number of nitrogens with one attached hydrogen (secondary N) is 1. The highest BCUT2D eigenvalue weighted by Gasteiger charge is 2.39. The van der Waals surface area contributed by atoms with Crippen LogP contribution in [-0.4, -0.2) is 29.9 Å². The Kier molecular flexibility index (Phi) is 6.78. The number of urea groups is 1. The van der Waals surface area contributed by atoms with Crippen molar-refractivity contribution in [2.75, 3.05) is 16.3 Å². The topological polar surface area (TPSA) is 69.7 Å². The Hall–Kier alpha value is -3.12. The van der Waals surface area contributed by atoms with Gasteiger partial charge in [0, 0.05) is 22.8 Å². The molecule has 4 amide bonds. The quantitative estimate of drug-likeness (QED) is 0.405. The lowest BCUT2D eigenvalue weighted by Gasteiger charge is -2.47. The van der Waals surface area contributed by atoms with Gasteiger partial charge in [0.1, 0.15) is 5.57 Å². The summed E-state index contributed by atoms with van der Waals surface area (Å²) in [6.07, 6.45) is 4.13. The number of nitrogens with zero attached hydrogens (tertiary/aromatic N) is 2. The van der Waals surface area contributed by atoms with E-state index in [1.165, 1.54) is 6.08 Å². The van der Waals surface area contributed by atoms with E-state index >= 15 is 0 Å². The molecule has 7 heteroatoms. The first-order valence-corrected chi connectivity index (χ1v) is 12.6. The second kappa shape index (κ2) is 9.50. The van der Waals surface area contributed by atoms with Crippen LogP contribution in [0.5, 0.6) is 0 Å². The molecule has 0 spiro atoms. The molecule has 2 aliphatic rings. The normalized spacial score (nSPS) is 20.8. The van der Waals surface area contributed by atoms with E-state index in [0.29, 0.717) is 22.7 Å². The van der Waals surface area contributed by atoms with Crippen molar-refractivity contribution in [3.63, 3.8) is 0 Å². The van der Waals surface area contributed by atoms with Gasteiger partial charge in [0.25, 0.3) is 11.8 Å². The maximum Gasteiger partial charge on any atom is 0.335 e. The maximum absolute atomic E-state index is 13.4. The molecule has 2 aromatic rings. The number of carbonyl (C=O) groups is 3. The van der Waals surface area contributed by atoms with Crippen molar-refractivity contribution in [2.24, 2.45) is 0 Å². The number of rotatable bonds is 5. The zero-order valence-electron chi connectivity index (χ0n) is 20.9. The number of barbiturate groups is 1. The van der Waals surface area contributed by atoms with Crippen LogP contribution in [0.1, 0.15) is 70.1 Å². The third kappa shape index (κ3) is 4.47. The number of fused-ring (bicyclic) bond motifs is 1. The first-order chi connectivity index (χ1) is 16.6. The number of amides is 4. The van der Waals surface area contributed by atoms with Crippen LogP contribution in [0.2, 0.25) is 5.02 Å². The fourth-order valence-corrected chi connectivity index (χ4v) is 5.55. The van der Waals surface area contributed by atoms with Gasteiger partial charge in [-0.25, -0.2) is 9.69 Å². The molecule has 2 aromatic carbocycles. The van der Waals surface area contributed by atoms with Crippen molar-refractivity contribution in [1.29, 1.82) is 0 Å². The van der Waals surface area contributed by atoms with E-state index in [9.17, 15) is 14.4 Å². The van der Waals surface area contributed by atoms with Crippen molar-refractivity contribution in [2.45, 2.75) is 65.3 Å². The minimum atomic E-state index is -0.749. The van der Waals surface area contributed by atoms with Gasteiger partial charge in [0.2, 0.25) is 0 Å². The number of anilines is 2. The van der Waals surface area contributed by atoms with Crippen molar-refractivity contribution in [1.82, 2.24) is 5.32 Å². The molecule has 0 bridgehead atoms. The molecule has 0 aromatic heterocycles. The van der Waals surface area contributed by atoms with Gasteiger partial charge in [-0.05, 0) is 80.0 Å². The number of aryl methyl sites for hydroxylation is 1. The van der Waals surface area contributed by atoms with Crippen LogP contribution in [0, 0.1) is 0 Å². The van der Waals surface area contributed by atoms with Gasteiger partial charge >= 0.3 is 6.03 Å². The molecule has 0 aliphatic carbocycles. The van der Waals surface area contributed by atoms with Gasteiger partial charge in [0.05, 0.1) is 5.69 Å². The fraction of sp³-hybridized carbons (Fsp3) is 0.393. The first-order valence-electron chi connectivity index (χ1n) is 12.2. The van der Waals surface area contributed by atoms with E-state index in [0.717, 1.165) is 41.1 Å². The highest BCUT2D eigenvalue weighted by molar-refractivity contribution is 6.40. The van der Waals surface area contributed by atoms with Gasteiger partial charge in [-0.2, -0.15) is 0 Å². The highest BCUT2D eigenvalue weighted by atomic mass is 35.5. The summed E-state index contributed by atoms with van der Waals surface area (Å²) in [5, 5.41) is 2.77. The summed E-state index contributed by atoms with van der Waals surface area (Å²) >= 11 is 6.72. The van der Waals surface area contributed by atoms with Gasteiger partial charge in [-0.1, -0.05) is 50.6 Å². The first kappa shape index (κ1) is 25.0. The van der Waals surface area contributed by atoms with Crippen LogP contribution in [0.15, 0.2) is 42.0 Å². The predicted molar refractivity (Wildman–Crippen MR) is 141 cm³/mol. The number of carbonyl (C=O) groups excluding carboxylic acids is 3. The Balaban J connectivity index is 1.79. The summed E-state index contributed by atoms with van der Waals surface area (Å²) in [5.74, 6) is -1.09. The minimum Gasteiger partial charge on any atom is -0.366 e. The number of halogens is 1. The Bertz CT molecular complexity index is 1230. The molecule has 1 saturated heterocycles. The summed E-state index contributed by atoms with van der Waals surface area (Å²) in [6.45, 7) is 11.7.